The molecule has 0 saturated carbocycles. The van der Waals surface area contributed by atoms with E-state index in [1.807, 2.05) is 31.2 Å². The van der Waals surface area contributed by atoms with Gasteiger partial charge in [0.15, 0.2) is 0 Å². The lowest BCUT2D eigenvalue weighted by molar-refractivity contribution is -0.138. The van der Waals surface area contributed by atoms with Crippen molar-refractivity contribution in [1.29, 1.82) is 0 Å². The van der Waals surface area contributed by atoms with Crippen LogP contribution in [0.5, 0.6) is 5.88 Å². The van der Waals surface area contributed by atoms with Crippen LogP contribution < -0.4 is 4.74 Å². The van der Waals surface area contributed by atoms with Crippen LogP contribution in [0, 0.1) is 5.92 Å². The molecule has 0 bridgehead atoms. The first kappa shape index (κ1) is 32.9. The highest BCUT2D eigenvalue weighted by molar-refractivity contribution is 6.35. The number of carboxylic acids is 1. The molecule has 1 aromatic carbocycles. The van der Waals surface area contributed by atoms with Crippen LogP contribution in [0.1, 0.15) is 31.7 Å². The lowest BCUT2D eigenvalue weighted by atomic mass is 9.93. The average Bonchev–Trinajstić information content (AvgIpc) is 3.14. The Morgan fingerprint density at radius 3 is 2.49 bits per heavy atom. The van der Waals surface area contributed by atoms with E-state index in [-0.39, 0.29) is 18.4 Å². The Labute approximate surface area is 263 Å². The Hall–Kier alpha value is -3.02. The topological polar surface area (TPSA) is 103 Å². The molecule has 4 rings (SSSR count). The SMILES string of the molecule is C=N/C(=N\C=C(/C)Oc1cc(CN2CCC(CC(=O)O)CC2)cc(-c2cc(Cl)cc(Cl)c2)n1)N1CCN(C)CC(OC)C1. The minimum atomic E-state index is -0.735. The van der Waals surface area contributed by atoms with E-state index >= 15 is 0 Å². The summed E-state index contributed by atoms with van der Waals surface area (Å²) < 4.78 is 11.8. The number of aliphatic carboxylic acids is 1. The molecule has 10 nitrogen and oxygen atoms in total. The van der Waals surface area contributed by atoms with Crippen molar-refractivity contribution in [3.8, 4) is 17.1 Å². The number of ether oxygens (including phenoxy) is 2. The Kier molecular flexibility index (Phi) is 12.0. The normalized spacial score (nSPS) is 19.7. The van der Waals surface area contributed by atoms with E-state index in [1.54, 1.807) is 19.4 Å². The van der Waals surface area contributed by atoms with Crippen molar-refractivity contribution in [2.45, 2.75) is 38.8 Å². The van der Waals surface area contributed by atoms with Gasteiger partial charge in [-0.05, 0) is 82.4 Å². The monoisotopic (exact) mass is 630 g/mol. The smallest absolute Gasteiger partial charge is 0.303 e. The molecule has 2 saturated heterocycles. The van der Waals surface area contributed by atoms with Gasteiger partial charge >= 0.3 is 5.97 Å². The second-order valence-corrected chi connectivity index (χ2v) is 12.0. The van der Waals surface area contributed by atoms with Gasteiger partial charge in [0, 0.05) is 67.9 Å². The highest BCUT2D eigenvalue weighted by atomic mass is 35.5. The lowest BCUT2D eigenvalue weighted by Crippen LogP contribution is -2.37. The minimum absolute atomic E-state index is 0.0362. The fraction of sp³-hybridized carbons (Fsp3) is 0.484. The summed E-state index contributed by atoms with van der Waals surface area (Å²) in [6, 6.07) is 9.25. The summed E-state index contributed by atoms with van der Waals surface area (Å²) in [7, 11) is 3.78. The van der Waals surface area contributed by atoms with Gasteiger partial charge in [0.1, 0.15) is 5.76 Å². The van der Waals surface area contributed by atoms with Gasteiger partial charge in [-0.15, -0.1) is 0 Å². The zero-order chi connectivity index (χ0) is 30.9. The van der Waals surface area contributed by atoms with E-state index in [2.05, 4.69) is 38.4 Å². The predicted molar refractivity (Wildman–Crippen MR) is 171 cm³/mol. The van der Waals surface area contributed by atoms with Gasteiger partial charge in [-0.2, -0.15) is 0 Å². The number of guanidine groups is 1. The summed E-state index contributed by atoms with van der Waals surface area (Å²) in [4.78, 5) is 31.3. The van der Waals surface area contributed by atoms with Gasteiger partial charge in [-0.3, -0.25) is 9.69 Å². The van der Waals surface area contributed by atoms with Gasteiger partial charge in [0.2, 0.25) is 11.8 Å². The molecule has 1 atom stereocenters. The molecule has 0 amide bonds. The second kappa shape index (κ2) is 15.6. The molecule has 2 fully saturated rings. The van der Waals surface area contributed by atoms with Gasteiger partial charge in [0.25, 0.3) is 0 Å². The fourth-order valence-electron chi connectivity index (χ4n) is 5.42. The third kappa shape index (κ3) is 10.0. The number of allylic oxidation sites excluding steroid dienone is 1. The molecule has 0 radical (unpaired) electrons. The highest BCUT2D eigenvalue weighted by Crippen LogP contribution is 2.30. The summed E-state index contributed by atoms with van der Waals surface area (Å²) in [5.74, 6) is 0.930. The maximum atomic E-state index is 11.1. The molecule has 2 aliphatic heterocycles. The number of halogens is 2. The largest absolute Gasteiger partial charge is 0.481 e. The van der Waals surface area contributed by atoms with E-state index < -0.39 is 5.97 Å². The zero-order valence-corrected chi connectivity index (χ0v) is 26.5. The number of methoxy groups -OCH3 is 1. The number of benzene rings is 1. The van der Waals surface area contributed by atoms with Gasteiger partial charge in [-0.25, -0.2) is 15.0 Å². The molecule has 3 heterocycles. The molecule has 1 aromatic heterocycles. The number of hydrogen-bond acceptors (Lipinski definition) is 7. The van der Waals surface area contributed by atoms with Crippen molar-refractivity contribution in [1.82, 2.24) is 19.7 Å². The molecule has 43 heavy (non-hydrogen) atoms. The number of nitrogens with zero attached hydrogens (tertiary/aromatic N) is 6. The van der Waals surface area contributed by atoms with E-state index in [0.29, 0.717) is 46.4 Å². The van der Waals surface area contributed by atoms with Crippen LogP contribution >= 0.6 is 23.2 Å². The van der Waals surface area contributed by atoms with Crippen LogP contribution in [-0.2, 0) is 16.1 Å². The van der Waals surface area contributed by atoms with Crippen LogP contribution in [0.4, 0.5) is 0 Å². The molecule has 2 aromatic rings. The maximum absolute atomic E-state index is 11.1. The number of hydrogen-bond donors (Lipinski definition) is 1. The van der Waals surface area contributed by atoms with Crippen LogP contribution in [0.15, 0.2) is 52.3 Å². The summed E-state index contributed by atoms with van der Waals surface area (Å²) in [5.41, 5.74) is 2.47. The number of piperidine rings is 1. The summed E-state index contributed by atoms with van der Waals surface area (Å²) in [6.07, 6.45) is 3.59. The number of carbonyl (C=O) groups is 1. The van der Waals surface area contributed by atoms with Gasteiger partial charge in [0.05, 0.1) is 18.0 Å². The quantitative estimate of drug-likeness (QED) is 0.226. The molecule has 232 valence electrons. The van der Waals surface area contributed by atoms with Gasteiger partial charge in [-0.1, -0.05) is 23.2 Å². The summed E-state index contributed by atoms with van der Waals surface area (Å²) >= 11 is 12.6. The number of rotatable bonds is 9. The zero-order valence-electron chi connectivity index (χ0n) is 25.0. The third-order valence-electron chi connectivity index (χ3n) is 7.67. The molecule has 12 heteroatoms. The molecular formula is C31H40Cl2N6O4. The summed E-state index contributed by atoms with van der Waals surface area (Å²) in [6.45, 7) is 11.0. The van der Waals surface area contributed by atoms with E-state index in [1.165, 1.54) is 0 Å². The van der Waals surface area contributed by atoms with E-state index in [9.17, 15) is 4.79 Å². The first-order valence-electron chi connectivity index (χ1n) is 14.4. The Balaban J connectivity index is 1.55. The first-order chi connectivity index (χ1) is 20.6. The predicted octanol–water partition coefficient (Wildman–Crippen LogP) is 5.30. The van der Waals surface area contributed by atoms with Crippen LogP contribution in [0.2, 0.25) is 10.0 Å². The standard InChI is InChI=1S/C31H40Cl2N6O4/c1-21(17-35-31(34-2)39-10-9-37(3)19-27(20-39)42-4)43-29-12-23(18-38-7-5-22(6-8-38)13-30(40)41)11-28(36-29)24-14-25(32)16-26(33)15-24/h11-12,14-17,22,27H,2,5-10,13,18-20H2,1,3-4H3,(H,40,41)/b21-17+,35-31+. The van der Waals surface area contributed by atoms with Crippen molar-refractivity contribution < 1.29 is 19.4 Å². The third-order valence-corrected chi connectivity index (χ3v) is 8.11. The number of carboxylic acid groups (broad SMARTS) is 1. The molecule has 1 unspecified atom stereocenters. The first-order valence-corrected chi connectivity index (χ1v) is 15.1. The van der Waals surface area contributed by atoms with Crippen molar-refractivity contribution in [3.63, 3.8) is 0 Å². The van der Waals surface area contributed by atoms with E-state index in [0.717, 1.165) is 56.7 Å². The maximum Gasteiger partial charge on any atom is 0.303 e. The molecular weight excluding hydrogens is 591 g/mol. The fourth-order valence-corrected chi connectivity index (χ4v) is 5.95. The van der Waals surface area contributed by atoms with Crippen LogP contribution in [0.25, 0.3) is 11.3 Å². The molecule has 0 spiro atoms. The number of likely N-dealkylation sites (N-methyl/N-ethyl adjacent to an activating group) is 1. The molecule has 0 aliphatic carbocycles. The Morgan fingerprint density at radius 2 is 1.84 bits per heavy atom. The Morgan fingerprint density at radius 1 is 1.12 bits per heavy atom. The Bertz CT molecular complexity index is 1330. The van der Waals surface area contributed by atoms with E-state index in [4.69, 9.17) is 42.8 Å². The van der Waals surface area contributed by atoms with Crippen molar-refractivity contribution in [2.24, 2.45) is 15.9 Å². The van der Waals surface area contributed by atoms with Gasteiger partial charge < -0.3 is 24.4 Å². The van der Waals surface area contributed by atoms with Crippen LogP contribution in [-0.4, -0.2) is 103 Å². The minimum Gasteiger partial charge on any atom is -0.481 e. The number of aromatic nitrogens is 1. The number of pyridine rings is 1. The molecule has 1 N–H and O–H groups in total. The number of likely N-dealkylation sites (tertiary alicyclic amines) is 1. The van der Waals surface area contributed by atoms with Crippen molar-refractivity contribution in [2.75, 3.05) is 53.4 Å². The number of aliphatic imine (C=N–C) groups is 2. The molecule has 2 aliphatic rings. The average molecular weight is 632 g/mol. The lowest BCUT2D eigenvalue weighted by Gasteiger charge is -2.31. The summed E-state index contributed by atoms with van der Waals surface area (Å²) in [5, 5.41) is 10.2. The second-order valence-electron chi connectivity index (χ2n) is 11.2. The van der Waals surface area contributed by atoms with Crippen molar-refractivity contribution in [3.05, 3.63) is 57.9 Å². The van der Waals surface area contributed by atoms with Crippen LogP contribution in [0.3, 0.4) is 0 Å². The van der Waals surface area contributed by atoms with Crippen molar-refractivity contribution >= 4 is 41.8 Å². The highest BCUT2D eigenvalue weighted by Gasteiger charge is 2.23.